The third-order valence-electron chi connectivity index (χ3n) is 2.48. The fourth-order valence-electron chi connectivity index (χ4n) is 1.49. The summed E-state index contributed by atoms with van der Waals surface area (Å²) in [7, 11) is 0. The maximum Gasteiger partial charge on any atom is 0.267 e. The number of primary amides is 2. The third kappa shape index (κ3) is 2.83. The minimum absolute atomic E-state index is 0.0280. The van der Waals surface area contributed by atoms with Crippen LogP contribution in [0.3, 0.4) is 0 Å². The molecule has 0 unspecified atom stereocenters. The van der Waals surface area contributed by atoms with Gasteiger partial charge in [0.25, 0.3) is 5.91 Å². The Morgan fingerprint density at radius 2 is 1.80 bits per heavy atom. The normalized spacial score (nSPS) is 10.0. The maximum absolute atomic E-state index is 11.1. The average Bonchev–Trinajstić information content (AvgIpc) is 2.41. The van der Waals surface area contributed by atoms with E-state index in [0.717, 1.165) is 0 Å². The van der Waals surface area contributed by atoms with E-state index < -0.39 is 11.8 Å². The summed E-state index contributed by atoms with van der Waals surface area (Å²) < 4.78 is 5.44. The largest absolute Gasteiger partial charge is 0.437 e. The molecule has 0 aliphatic carbocycles. The Labute approximate surface area is 114 Å². The van der Waals surface area contributed by atoms with Crippen molar-refractivity contribution >= 4 is 17.5 Å². The summed E-state index contributed by atoms with van der Waals surface area (Å²) in [5, 5.41) is 0. The number of nitrogens with zero attached hydrogens (tertiary/aromatic N) is 1. The number of carbonyl (C=O) groups excluding carboxylic acids is 2. The zero-order valence-corrected chi connectivity index (χ0v) is 10.4. The molecule has 20 heavy (non-hydrogen) atoms. The van der Waals surface area contributed by atoms with Gasteiger partial charge in [-0.15, -0.1) is 0 Å². The minimum Gasteiger partial charge on any atom is -0.437 e. The standard InChI is InChI=1S/C13H12N4O3/c14-9-4-5-10(12(16)19)17-13(9)20-8-3-1-2-7(6-8)11(15)18/h1-6H,14H2,(H2,15,18)(H2,16,19). The topological polar surface area (TPSA) is 134 Å². The van der Waals surface area contributed by atoms with Crippen LogP contribution in [0.2, 0.25) is 0 Å². The van der Waals surface area contributed by atoms with Crippen LogP contribution >= 0.6 is 0 Å². The number of benzene rings is 1. The Bertz CT molecular complexity index is 685. The molecule has 0 saturated carbocycles. The molecule has 1 heterocycles. The number of nitrogen functional groups attached to an aromatic ring is 1. The van der Waals surface area contributed by atoms with Crippen molar-refractivity contribution in [1.82, 2.24) is 4.98 Å². The molecular weight excluding hydrogens is 260 g/mol. The van der Waals surface area contributed by atoms with Crippen LogP contribution in [-0.2, 0) is 0 Å². The Morgan fingerprint density at radius 3 is 2.45 bits per heavy atom. The molecule has 2 aromatic rings. The molecule has 2 rings (SSSR count). The highest BCUT2D eigenvalue weighted by Crippen LogP contribution is 2.25. The zero-order valence-electron chi connectivity index (χ0n) is 10.4. The quantitative estimate of drug-likeness (QED) is 0.751. The number of hydrogen-bond donors (Lipinski definition) is 3. The van der Waals surface area contributed by atoms with E-state index in [2.05, 4.69) is 4.98 Å². The molecule has 0 bridgehead atoms. The Hall–Kier alpha value is -3.09. The van der Waals surface area contributed by atoms with E-state index in [0.29, 0.717) is 5.75 Å². The van der Waals surface area contributed by atoms with E-state index in [1.54, 1.807) is 18.2 Å². The van der Waals surface area contributed by atoms with Gasteiger partial charge in [0, 0.05) is 5.56 Å². The van der Waals surface area contributed by atoms with Crippen molar-refractivity contribution in [2.45, 2.75) is 0 Å². The summed E-state index contributed by atoms with van der Waals surface area (Å²) >= 11 is 0. The van der Waals surface area contributed by atoms with Gasteiger partial charge in [0.1, 0.15) is 11.4 Å². The van der Waals surface area contributed by atoms with E-state index in [9.17, 15) is 9.59 Å². The summed E-state index contributed by atoms with van der Waals surface area (Å²) in [4.78, 5) is 26.0. The van der Waals surface area contributed by atoms with Crippen LogP contribution in [0.1, 0.15) is 20.8 Å². The van der Waals surface area contributed by atoms with Gasteiger partial charge in [0.15, 0.2) is 0 Å². The average molecular weight is 272 g/mol. The fourth-order valence-corrected chi connectivity index (χ4v) is 1.49. The van der Waals surface area contributed by atoms with Crippen molar-refractivity contribution in [2.75, 3.05) is 5.73 Å². The number of aromatic nitrogens is 1. The molecule has 7 heteroatoms. The molecule has 1 aromatic heterocycles. The summed E-state index contributed by atoms with van der Waals surface area (Å²) in [5.41, 5.74) is 16.6. The Kier molecular flexibility index (Phi) is 3.52. The monoisotopic (exact) mass is 272 g/mol. The van der Waals surface area contributed by atoms with Gasteiger partial charge in [-0.05, 0) is 30.3 Å². The van der Waals surface area contributed by atoms with Crippen molar-refractivity contribution < 1.29 is 14.3 Å². The molecule has 2 amide bonds. The molecule has 1 aromatic carbocycles. The molecule has 0 aliphatic rings. The molecule has 0 aliphatic heterocycles. The first kappa shape index (κ1) is 13.3. The zero-order chi connectivity index (χ0) is 14.7. The van der Waals surface area contributed by atoms with Gasteiger partial charge in [0.2, 0.25) is 11.8 Å². The number of anilines is 1. The predicted octanol–water partition coefficient (Wildman–Crippen LogP) is 0.654. The fraction of sp³-hybridized carbons (Fsp3) is 0. The van der Waals surface area contributed by atoms with Gasteiger partial charge in [-0.2, -0.15) is 0 Å². The first-order valence-corrected chi connectivity index (χ1v) is 5.61. The van der Waals surface area contributed by atoms with Crippen LogP contribution in [-0.4, -0.2) is 16.8 Å². The van der Waals surface area contributed by atoms with Gasteiger partial charge < -0.3 is 21.9 Å². The molecule has 0 atom stereocenters. The van der Waals surface area contributed by atoms with Crippen molar-refractivity contribution in [3.63, 3.8) is 0 Å². The number of hydrogen-bond acceptors (Lipinski definition) is 5. The molecule has 0 saturated heterocycles. The molecule has 0 spiro atoms. The predicted molar refractivity (Wildman–Crippen MR) is 72.2 cm³/mol. The van der Waals surface area contributed by atoms with Gasteiger partial charge in [0.05, 0.1) is 5.69 Å². The van der Waals surface area contributed by atoms with Crippen molar-refractivity contribution in [1.29, 1.82) is 0 Å². The SMILES string of the molecule is NC(=O)c1cccc(Oc2nc(C(N)=O)ccc2N)c1. The number of carbonyl (C=O) groups is 2. The maximum atomic E-state index is 11.1. The molecule has 7 nitrogen and oxygen atoms in total. The lowest BCUT2D eigenvalue weighted by Gasteiger charge is -2.08. The van der Waals surface area contributed by atoms with Crippen LogP contribution in [0.15, 0.2) is 36.4 Å². The van der Waals surface area contributed by atoms with Crippen LogP contribution in [0, 0.1) is 0 Å². The highest BCUT2D eigenvalue weighted by molar-refractivity contribution is 5.93. The summed E-state index contributed by atoms with van der Waals surface area (Å²) in [6.45, 7) is 0. The summed E-state index contributed by atoms with van der Waals surface area (Å²) in [6.07, 6.45) is 0. The van der Waals surface area contributed by atoms with Crippen LogP contribution in [0.4, 0.5) is 5.69 Å². The highest BCUT2D eigenvalue weighted by atomic mass is 16.5. The summed E-state index contributed by atoms with van der Waals surface area (Å²) in [6, 6.07) is 9.05. The number of amides is 2. The molecule has 0 fully saturated rings. The van der Waals surface area contributed by atoms with Crippen LogP contribution in [0.25, 0.3) is 0 Å². The Balaban J connectivity index is 2.34. The molecule has 102 valence electrons. The molecule has 0 radical (unpaired) electrons. The summed E-state index contributed by atoms with van der Waals surface area (Å²) in [5.74, 6) is -0.923. The number of pyridine rings is 1. The molecule has 6 N–H and O–H groups in total. The first-order chi connectivity index (χ1) is 9.47. The van der Waals surface area contributed by atoms with E-state index in [1.165, 1.54) is 18.2 Å². The first-order valence-electron chi connectivity index (χ1n) is 5.61. The van der Waals surface area contributed by atoms with Crippen LogP contribution in [0.5, 0.6) is 11.6 Å². The number of rotatable bonds is 4. The van der Waals surface area contributed by atoms with Gasteiger partial charge in [-0.3, -0.25) is 9.59 Å². The lowest BCUT2D eigenvalue weighted by molar-refractivity contribution is 0.0989. The van der Waals surface area contributed by atoms with E-state index in [4.69, 9.17) is 21.9 Å². The lowest BCUT2D eigenvalue weighted by Crippen LogP contribution is -2.13. The number of nitrogens with two attached hydrogens (primary N) is 3. The van der Waals surface area contributed by atoms with Gasteiger partial charge in [-0.25, -0.2) is 4.98 Å². The Morgan fingerprint density at radius 1 is 1.05 bits per heavy atom. The second-order valence-electron chi connectivity index (χ2n) is 3.95. The second-order valence-corrected chi connectivity index (χ2v) is 3.95. The van der Waals surface area contributed by atoms with Gasteiger partial charge in [-0.1, -0.05) is 6.07 Å². The van der Waals surface area contributed by atoms with E-state index in [1.807, 2.05) is 0 Å². The van der Waals surface area contributed by atoms with E-state index in [-0.39, 0.29) is 22.8 Å². The second kappa shape index (κ2) is 5.27. The van der Waals surface area contributed by atoms with E-state index >= 15 is 0 Å². The lowest BCUT2D eigenvalue weighted by atomic mass is 10.2. The van der Waals surface area contributed by atoms with Crippen molar-refractivity contribution in [3.05, 3.63) is 47.7 Å². The molecular formula is C13H12N4O3. The van der Waals surface area contributed by atoms with Crippen LogP contribution < -0.4 is 21.9 Å². The number of ether oxygens (including phenoxy) is 1. The third-order valence-corrected chi connectivity index (χ3v) is 2.48. The van der Waals surface area contributed by atoms with Gasteiger partial charge >= 0.3 is 0 Å². The van der Waals surface area contributed by atoms with Crippen molar-refractivity contribution in [3.8, 4) is 11.6 Å². The van der Waals surface area contributed by atoms with Crippen molar-refractivity contribution in [2.24, 2.45) is 11.5 Å². The highest BCUT2D eigenvalue weighted by Gasteiger charge is 2.10. The smallest absolute Gasteiger partial charge is 0.267 e. The minimum atomic E-state index is -0.694.